The number of amidine groups is 1. The van der Waals surface area contributed by atoms with Gasteiger partial charge >= 0.3 is 0 Å². The highest BCUT2D eigenvalue weighted by Gasteiger charge is 2.26. The number of rotatable bonds is 4. The molecule has 3 heterocycles. The number of carbonyl (C=O) groups is 1. The summed E-state index contributed by atoms with van der Waals surface area (Å²) in [6, 6.07) is 11.3. The van der Waals surface area contributed by atoms with Crippen LogP contribution in [0.1, 0.15) is 11.3 Å². The zero-order chi connectivity index (χ0) is 19.5. The van der Waals surface area contributed by atoms with Gasteiger partial charge in [-0.1, -0.05) is 35.5 Å². The van der Waals surface area contributed by atoms with Crippen molar-refractivity contribution in [3.05, 3.63) is 64.3 Å². The quantitative estimate of drug-likeness (QED) is 0.588. The third kappa shape index (κ3) is 4.11. The lowest BCUT2D eigenvalue weighted by atomic mass is 10.2. The molecule has 3 aromatic rings. The second kappa shape index (κ2) is 8.43. The highest BCUT2D eigenvalue weighted by Crippen LogP contribution is 2.29. The van der Waals surface area contributed by atoms with Crippen LogP contribution in [0.5, 0.6) is 0 Å². The minimum atomic E-state index is 0.00121. The van der Waals surface area contributed by atoms with E-state index < -0.39 is 0 Å². The fourth-order valence-corrected chi connectivity index (χ4v) is 4.72. The van der Waals surface area contributed by atoms with Crippen molar-refractivity contribution in [2.24, 2.45) is 4.99 Å². The highest BCUT2D eigenvalue weighted by molar-refractivity contribution is 8.14. The Morgan fingerprint density at radius 1 is 1.29 bits per heavy atom. The standard InChI is InChI=1S/C20H17ClN4OS2/c1-13-15(21)5-4-7-16(13)24-20-25(9-10-27-20)18(26)11-14-12-28-19(23-14)17-6-2-3-8-22-17/h2-8,12H,9-11H2,1H3. The maximum atomic E-state index is 12.9. The Morgan fingerprint density at radius 3 is 3.00 bits per heavy atom. The number of thiazole rings is 1. The minimum Gasteiger partial charge on any atom is -0.290 e. The second-order valence-electron chi connectivity index (χ2n) is 6.21. The van der Waals surface area contributed by atoms with Crippen LogP contribution in [0, 0.1) is 6.92 Å². The summed E-state index contributed by atoms with van der Waals surface area (Å²) in [7, 11) is 0. The van der Waals surface area contributed by atoms with Gasteiger partial charge in [-0.05, 0) is 36.8 Å². The first-order chi connectivity index (χ1) is 13.6. The van der Waals surface area contributed by atoms with E-state index >= 15 is 0 Å². The number of halogens is 1. The molecule has 0 N–H and O–H groups in total. The van der Waals surface area contributed by atoms with Crippen molar-refractivity contribution in [1.82, 2.24) is 14.9 Å². The summed E-state index contributed by atoms with van der Waals surface area (Å²) in [4.78, 5) is 28.2. The molecule has 4 rings (SSSR count). The molecule has 0 radical (unpaired) electrons. The van der Waals surface area contributed by atoms with Gasteiger partial charge in [-0.3, -0.25) is 14.7 Å². The molecule has 5 nitrogen and oxygen atoms in total. The van der Waals surface area contributed by atoms with Gasteiger partial charge in [0.15, 0.2) is 5.17 Å². The Morgan fingerprint density at radius 2 is 2.18 bits per heavy atom. The van der Waals surface area contributed by atoms with E-state index in [-0.39, 0.29) is 12.3 Å². The van der Waals surface area contributed by atoms with E-state index in [2.05, 4.69) is 15.0 Å². The van der Waals surface area contributed by atoms with Crippen molar-refractivity contribution in [3.8, 4) is 10.7 Å². The average molecular weight is 429 g/mol. The summed E-state index contributed by atoms with van der Waals surface area (Å²) >= 11 is 9.27. The Hall–Kier alpha value is -2.22. The average Bonchev–Trinajstić information content (AvgIpc) is 3.36. The summed E-state index contributed by atoms with van der Waals surface area (Å²) < 4.78 is 0. The molecule has 0 unspecified atom stereocenters. The molecule has 1 saturated heterocycles. The van der Waals surface area contributed by atoms with Gasteiger partial charge in [0.25, 0.3) is 0 Å². The molecule has 1 amide bonds. The summed E-state index contributed by atoms with van der Waals surface area (Å²) in [5.41, 5.74) is 3.28. The van der Waals surface area contributed by atoms with Gasteiger partial charge < -0.3 is 0 Å². The van der Waals surface area contributed by atoms with E-state index in [1.54, 1.807) is 22.9 Å². The number of hydrogen-bond donors (Lipinski definition) is 0. The number of hydrogen-bond acceptors (Lipinski definition) is 6. The lowest BCUT2D eigenvalue weighted by Gasteiger charge is -2.15. The van der Waals surface area contributed by atoms with Crippen LogP contribution in [0.3, 0.4) is 0 Å². The molecule has 142 valence electrons. The van der Waals surface area contributed by atoms with Crippen molar-refractivity contribution in [2.75, 3.05) is 12.3 Å². The zero-order valence-electron chi connectivity index (χ0n) is 15.1. The van der Waals surface area contributed by atoms with E-state index in [0.717, 1.165) is 38.6 Å². The highest BCUT2D eigenvalue weighted by atomic mass is 35.5. The molecule has 1 aliphatic heterocycles. The van der Waals surface area contributed by atoms with Gasteiger partial charge in [0, 0.05) is 28.9 Å². The van der Waals surface area contributed by atoms with Gasteiger partial charge in [0.1, 0.15) is 5.01 Å². The van der Waals surface area contributed by atoms with Crippen molar-refractivity contribution >= 4 is 51.5 Å². The Labute approximate surface area is 176 Å². The first kappa shape index (κ1) is 19.1. The Kier molecular flexibility index (Phi) is 5.75. The van der Waals surface area contributed by atoms with Gasteiger partial charge in [-0.25, -0.2) is 9.98 Å². The molecule has 0 atom stereocenters. The first-order valence-corrected chi connectivity index (χ1v) is 11.0. The van der Waals surface area contributed by atoms with Crippen LogP contribution in [0.15, 0.2) is 53.0 Å². The third-order valence-electron chi connectivity index (χ3n) is 4.30. The molecule has 1 aliphatic rings. The predicted molar refractivity (Wildman–Crippen MR) is 117 cm³/mol. The van der Waals surface area contributed by atoms with Crippen LogP contribution in [-0.2, 0) is 11.2 Å². The number of benzene rings is 1. The number of thioether (sulfide) groups is 1. The third-order valence-corrected chi connectivity index (χ3v) is 6.58. The monoisotopic (exact) mass is 428 g/mol. The van der Waals surface area contributed by atoms with E-state index in [0.29, 0.717) is 11.6 Å². The van der Waals surface area contributed by atoms with Crippen LogP contribution in [-0.4, -0.2) is 38.2 Å². The molecule has 0 aliphatic carbocycles. The lowest BCUT2D eigenvalue weighted by Crippen LogP contribution is -2.33. The molecule has 2 aromatic heterocycles. The lowest BCUT2D eigenvalue weighted by molar-refractivity contribution is -0.126. The molecule has 0 bridgehead atoms. The Bertz CT molecular complexity index is 1040. The smallest absolute Gasteiger partial charge is 0.234 e. The number of amides is 1. The van der Waals surface area contributed by atoms with Crippen molar-refractivity contribution in [3.63, 3.8) is 0 Å². The maximum absolute atomic E-state index is 12.9. The van der Waals surface area contributed by atoms with E-state index in [4.69, 9.17) is 11.6 Å². The number of aromatic nitrogens is 2. The number of aliphatic imine (C=N–C) groups is 1. The summed E-state index contributed by atoms with van der Waals surface area (Å²) in [6.45, 7) is 2.58. The van der Waals surface area contributed by atoms with Crippen molar-refractivity contribution in [2.45, 2.75) is 13.3 Å². The predicted octanol–water partition coefficient (Wildman–Crippen LogP) is 4.97. The molecule has 0 saturated carbocycles. The first-order valence-electron chi connectivity index (χ1n) is 8.74. The van der Waals surface area contributed by atoms with Gasteiger partial charge in [0.2, 0.25) is 5.91 Å². The minimum absolute atomic E-state index is 0.00121. The van der Waals surface area contributed by atoms with Gasteiger partial charge in [0.05, 0.1) is 23.5 Å². The number of nitrogens with zero attached hydrogens (tertiary/aromatic N) is 4. The van der Waals surface area contributed by atoms with Crippen molar-refractivity contribution < 1.29 is 4.79 Å². The van der Waals surface area contributed by atoms with Gasteiger partial charge in [-0.2, -0.15) is 0 Å². The molecular formula is C20H17ClN4OS2. The zero-order valence-corrected chi connectivity index (χ0v) is 17.5. The van der Waals surface area contributed by atoms with Crippen LogP contribution in [0.2, 0.25) is 5.02 Å². The molecular weight excluding hydrogens is 412 g/mol. The second-order valence-corrected chi connectivity index (χ2v) is 8.54. The van der Waals surface area contributed by atoms with Crippen LogP contribution < -0.4 is 0 Å². The summed E-state index contributed by atoms with van der Waals surface area (Å²) in [5, 5.41) is 4.13. The van der Waals surface area contributed by atoms with E-state index in [1.807, 2.05) is 48.7 Å². The number of pyridine rings is 1. The van der Waals surface area contributed by atoms with Crippen LogP contribution in [0.25, 0.3) is 10.7 Å². The number of carbonyl (C=O) groups excluding carboxylic acids is 1. The molecule has 8 heteroatoms. The van der Waals surface area contributed by atoms with E-state index in [1.165, 1.54) is 11.3 Å². The van der Waals surface area contributed by atoms with Crippen molar-refractivity contribution in [1.29, 1.82) is 0 Å². The van der Waals surface area contributed by atoms with Crippen LogP contribution in [0.4, 0.5) is 5.69 Å². The molecule has 1 fully saturated rings. The molecule has 1 aromatic carbocycles. The summed E-state index contributed by atoms with van der Waals surface area (Å²) in [5.74, 6) is 0.835. The van der Waals surface area contributed by atoms with Gasteiger partial charge in [-0.15, -0.1) is 11.3 Å². The van der Waals surface area contributed by atoms with Crippen LogP contribution >= 0.6 is 34.7 Å². The fraction of sp³-hybridized carbons (Fsp3) is 0.200. The fourth-order valence-electron chi connectivity index (χ4n) is 2.79. The van der Waals surface area contributed by atoms with E-state index in [9.17, 15) is 4.79 Å². The summed E-state index contributed by atoms with van der Waals surface area (Å²) in [6.07, 6.45) is 1.99. The Balaban J connectivity index is 1.51. The maximum Gasteiger partial charge on any atom is 0.234 e. The topological polar surface area (TPSA) is 58.5 Å². The molecule has 0 spiro atoms. The molecule has 28 heavy (non-hydrogen) atoms. The SMILES string of the molecule is Cc1c(Cl)cccc1N=C1SCCN1C(=O)Cc1csc(-c2ccccn2)n1. The normalized spacial score (nSPS) is 15.4. The largest absolute Gasteiger partial charge is 0.290 e.